The van der Waals surface area contributed by atoms with Crippen molar-refractivity contribution >= 4 is 40.7 Å². The van der Waals surface area contributed by atoms with E-state index < -0.39 is 94.1 Å². The molecule has 1 aromatic rings. The monoisotopic (exact) mass is 559 g/mol. The van der Waals surface area contributed by atoms with E-state index in [1.54, 1.807) is 13.8 Å². The maximum Gasteiger partial charge on any atom is 0.328 e. The number of phenolic OH excluding ortho intramolecular Hbond substituents is 1. The first-order valence-corrected chi connectivity index (χ1v) is 12.9. The number of hydrogen-bond donors (Lipinski definition) is 5. The van der Waals surface area contributed by atoms with Crippen molar-refractivity contribution in [2.45, 2.75) is 50.5 Å². The summed E-state index contributed by atoms with van der Waals surface area (Å²) >= 11 is 0. The maximum atomic E-state index is 14.0. The molecule has 2 fully saturated rings. The zero-order valence-corrected chi connectivity index (χ0v) is 22.7. The highest BCUT2D eigenvalue weighted by molar-refractivity contribution is 6.32. The number of hydrogen-bond acceptors (Lipinski definition) is 12. The molecule has 1 aromatic carbocycles. The van der Waals surface area contributed by atoms with Gasteiger partial charge in [-0.2, -0.15) is 0 Å². The van der Waals surface area contributed by atoms with E-state index in [1.807, 2.05) is 0 Å². The molecule has 0 aliphatic heterocycles. The van der Waals surface area contributed by atoms with Crippen molar-refractivity contribution in [1.29, 1.82) is 0 Å². The fourth-order valence-electron chi connectivity index (χ4n) is 6.67. The van der Waals surface area contributed by atoms with Gasteiger partial charge in [0.15, 0.2) is 34.7 Å². The number of nitrogens with one attached hydrogen (secondary N) is 1. The molecular weight excluding hydrogens is 526 g/mol. The van der Waals surface area contributed by atoms with Crippen LogP contribution in [0.25, 0.3) is 0 Å². The second-order valence-electron chi connectivity index (χ2n) is 10.9. The summed E-state index contributed by atoms with van der Waals surface area (Å²) in [6, 6.07) is 0.608. The average Bonchev–Trinajstić information content (AvgIpc) is 2.87. The minimum Gasteiger partial charge on any atom is -0.505 e. The maximum absolute atomic E-state index is 14.0. The number of esters is 1. The lowest BCUT2D eigenvalue weighted by molar-refractivity contribution is -0.196. The molecule has 2 saturated carbocycles. The number of carbonyl (C=O) groups is 6. The van der Waals surface area contributed by atoms with Crippen LogP contribution in [-0.4, -0.2) is 99.7 Å². The number of primary amides is 1. The Balaban J connectivity index is 1.85. The number of rotatable bonds is 6. The zero-order valence-electron chi connectivity index (χ0n) is 22.7. The fraction of sp³-hybridized carbons (Fsp3) is 0.556. The molecule has 216 valence electrons. The molecule has 0 bridgehead atoms. The average molecular weight is 560 g/mol. The highest BCUT2D eigenvalue weighted by atomic mass is 16.5. The summed E-state index contributed by atoms with van der Waals surface area (Å²) in [5.41, 5.74) is 2.26. The van der Waals surface area contributed by atoms with Gasteiger partial charge in [0.25, 0.3) is 0 Å². The van der Waals surface area contributed by atoms with Gasteiger partial charge in [-0.1, -0.05) is 13.0 Å². The number of aliphatic hydroxyl groups excluding tert-OH is 1. The summed E-state index contributed by atoms with van der Waals surface area (Å²) < 4.78 is 4.95. The minimum absolute atomic E-state index is 0.000461. The van der Waals surface area contributed by atoms with E-state index in [0.717, 1.165) is 0 Å². The number of ketones is 4. The molecular formula is C27H33N3O10. The van der Waals surface area contributed by atoms with Crippen LogP contribution in [0.15, 0.2) is 12.1 Å². The normalized spacial score (nSPS) is 34.0. The molecule has 0 radical (unpaired) electrons. The summed E-state index contributed by atoms with van der Waals surface area (Å²) in [7, 11) is 2.85. The Morgan fingerprint density at radius 3 is 2.35 bits per heavy atom. The molecule has 0 heterocycles. The van der Waals surface area contributed by atoms with Crippen LogP contribution in [0.2, 0.25) is 0 Å². The molecule has 0 aromatic heterocycles. The number of nitrogens with zero attached hydrogens (tertiary/aromatic N) is 1. The number of carbonyl (C=O) groups excluding carboxylic acids is 6. The van der Waals surface area contributed by atoms with Gasteiger partial charge in [0.2, 0.25) is 5.91 Å². The molecule has 9 atom stereocenters. The van der Waals surface area contributed by atoms with Crippen molar-refractivity contribution in [1.82, 2.24) is 4.90 Å². The Morgan fingerprint density at radius 2 is 1.80 bits per heavy atom. The molecule has 13 heteroatoms. The fourth-order valence-corrected chi connectivity index (χ4v) is 6.67. The molecule has 6 N–H and O–H groups in total. The SMILES string of the molecule is CCOC(=O)C(C)Nc1ccc2c(c1O)C(=O)C1C(=O)[C@]3(O)C(=O)C(C(N)=O)C(=O)[C@@H](N(C)C)[C@@H]3[C@@H](O)[C@@H]1[C@H]2C. The van der Waals surface area contributed by atoms with Crippen LogP contribution in [0.5, 0.6) is 5.75 Å². The summed E-state index contributed by atoms with van der Waals surface area (Å²) in [4.78, 5) is 79.9. The van der Waals surface area contributed by atoms with E-state index in [1.165, 1.54) is 38.1 Å². The Kier molecular flexibility index (Phi) is 7.37. The number of fused-ring (bicyclic) bond motifs is 3. The van der Waals surface area contributed by atoms with Crippen LogP contribution in [0.3, 0.4) is 0 Å². The first-order valence-electron chi connectivity index (χ1n) is 12.9. The molecule has 3 aliphatic rings. The van der Waals surface area contributed by atoms with Crippen LogP contribution in [0.1, 0.15) is 42.6 Å². The van der Waals surface area contributed by atoms with Crippen molar-refractivity contribution in [2.75, 3.05) is 26.0 Å². The van der Waals surface area contributed by atoms with Gasteiger partial charge in [-0.15, -0.1) is 0 Å². The lowest BCUT2D eigenvalue weighted by Gasteiger charge is -2.56. The highest BCUT2D eigenvalue weighted by Crippen LogP contribution is 2.55. The third-order valence-corrected chi connectivity index (χ3v) is 8.50. The van der Waals surface area contributed by atoms with Crippen LogP contribution in [0.4, 0.5) is 5.69 Å². The number of Topliss-reactive ketones (excluding diaryl/α,β-unsaturated/α-hetero) is 4. The first-order chi connectivity index (χ1) is 18.6. The molecule has 0 spiro atoms. The summed E-state index contributed by atoms with van der Waals surface area (Å²) in [6.07, 6.45) is -1.71. The topological polar surface area (TPSA) is 214 Å². The molecule has 1 amide bonds. The predicted octanol–water partition coefficient (Wildman–Crippen LogP) is -1.24. The Morgan fingerprint density at radius 1 is 1.18 bits per heavy atom. The van der Waals surface area contributed by atoms with Gasteiger partial charge in [0, 0.05) is 5.92 Å². The van der Waals surface area contributed by atoms with Gasteiger partial charge in [0.1, 0.15) is 11.8 Å². The van der Waals surface area contributed by atoms with Gasteiger partial charge in [-0.3, -0.25) is 28.9 Å². The van der Waals surface area contributed by atoms with Crippen molar-refractivity contribution in [3.63, 3.8) is 0 Å². The van der Waals surface area contributed by atoms with Gasteiger partial charge < -0.3 is 31.1 Å². The third-order valence-electron chi connectivity index (χ3n) is 8.50. The number of nitrogens with two attached hydrogens (primary N) is 1. The third kappa shape index (κ3) is 3.94. The zero-order chi connectivity index (χ0) is 30.0. The number of anilines is 1. The van der Waals surface area contributed by atoms with Crippen LogP contribution >= 0.6 is 0 Å². The van der Waals surface area contributed by atoms with Crippen molar-refractivity contribution in [3.05, 3.63) is 23.3 Å². The number of likely N-dealkylation sites (N-methyl/N-ethyl adjacent to an activating group) is 1. The number of amides is 1. The number of ether oxygens (including phenoxy) is 1. The van der Waals surface area contributed by atoms with E-state index in [2.05, 4.69) is 5.32 Å². The van der Waals surface area contributed by atoms with Gasteiger partial charge in [-0.25, -0.2) is 4.79 Å². The van der Waals surface area contributed by atoms with E-state index in [9.17, 15) is 44.1 Å². The van der Waals surface area contributed by atoms with Gasteiger partial charge in [-0.05, 0) is 45.5 Å². The molecule has 3 unspecified atom stereocenters. The smallest absolute Gasteiger partial charge is 0.328 e. The summed E-state index contributed by atoms with van der Waals surface area (Å²) in [5, 5.41) is 37.1. The minimum atomic E-state index is -3.07. The number of benzene rings is 1. The summed E-state index contributed by atoms with van der Waals surface area (Å²) in [5.74, 6) is -14.7. The lowest BCUT2D eigenvalue weighted by Crippen LogP contribution is -2.77. The highest BCUT2D eigenvalue weighted by Gasteiger charge is 2.72. The standard InChI is InChI=1S/C27H33N3O10/c1-6-40-26(38)10(3)29-12-8-7-11-9(2)13-15(20(32)14(11)19(12)31)23(35)27(39)17(21(13)33)18(30(4)5)22(34)16(24(27)36)25(28)37/h7-10,13,15-18,21,29,31,33,39H,6H2,1-5H3,(H2,28,37)/t9-,10?,13+,15?,16?,17+,18-,21-,27-/m0/s1. The largest absolute Gasteiger partial charge is 0.505 e. The van der Waals surface area contributed by atoms with E-state index in [-0.39, 0.29) is 17.9 Å². The van der Waals surface area contributed by atoms with Gasteiger partial charge >= 0.3 is 5.97 Å². The van der Waals surface area contributed by atoms with Crippen molar-refractivity contribution in [2.24, 2.45) is 29.4 Å². The van der Waals surface area contributed by atoms with E-state index >= 15 is 0 Å². The predicted molar refractivity (Wildman–Crippen MR) is 137 cm³/mol. The lowest BCUT2D eigenvalue weighted by atomic mass is 9.49. The summed E-state index contributed by atoms with van der Waals surface area (Å²) in [6.45, 7) is 4.86. The Labute approximate surface area is 229 Å². The molecule has 3 aliphatic carbocycles. The molecule has 4 rings (SSSR count). The Hall–Kier alpha value is -3.68. The van der Waals surface area contributed by atoms with E-state index in [0.29, 0.717) is 5.56 Å². The number of phenols is 1. The van der Waals surface area contributed by atoms with Crippen LogP contribution in [-0.2, 0) is 28.7 Å². The van der Waals surface area contributed by atoms with Crippen LogP contribution in [0, 0.1) is 23.7 Å². The van der Waals surface area contributed by atoms with Crippen molar-refractivity contribution < 1.29 is 48.8 Å². The van der Waals surface area contributed by atoms with Gasteiger partial charge in [0.05, 0.1) is 41.8 Å². The van der Waals surface area contributed by atoms with E-state index in [4.69, 9.17) is 10.5 Å². The number of aliphatic hydroxyl groups is 2. The van der Waals surface area contributed by atoms with Crippen molar-refractivity contribution in [3.8, 4) is 5.75 Å². The first kappa shape index (κ1) is 29.3. The molecule has 13 nitrogen and oxygen atoms in total. The Bertz CT molecular complexity index is 1330. The molecule has 40 heavy (non-hydrogen) atoms. The quantitative estimate of drug-likeness (QED) is 0.157. The van der Waals surface area contributed by atoms with Crippen LogP contribution < -0.4 is 11.1 Å². The molecule has 0 saturated heterocycles. The second-order valence-corrected chi connectivity index (χ2v) is 10.9. The second kappa shape index (κ2) is 10.1. The number of aromatic hydroxyl groups is 1.